The van der Waals surface area contributed by atoms with Crippen LogP contribution in [0, 0.1) is 18.7 Å². The first kappa shape index (κ1) is 24.7. The zero-order chi connectivity index (χ0) is 26.5. The van der Waals surface area contributed by atoms with Crippen molar-refractivity contribution in [3.8, 4) is 22.4 Å². The highest BCUT2D eigenvalue weighted by Crippen LogP contribution is 2.38. The Labute approximate surface area is 228 Å². The van der Waals surface area contributed by atoms with Crippen molar-refractivity contribution in [2.24, 2.45) is 5.92 Å². The number of nitrogens with zero attached hydrogens (tertiary/aromatic N) is 6. The number of rotatable bonds is 5. The van der Waals surface area contributed by atoms with Crippen molar-refractivity contribution in [3.63, 3.8) is 0 Å². The van der Waals surface area contributed by atoms with Gasteiger partial charge in [0, 0.05) is 55.3 Å². The van der Waals surface area contributed by atoms with E-state index >= 15 is 4.39 Å². The lowest BCUT2D eigenvalue weighted by molar-refractivity contribution is 0.125. The van der Waals surface area contributed by atoms with Crippen LogP contribution in [0.2, 0.25) is 0 Å². The summed E-state index contributed by atoms with van der Waals surface area (Å²) in [5, 5.41) is 4.71. The summed E-state index contributed by atoms with van der Waals surface area (Å²) in [6.07, 6.45) is 12.1. The second-order valence-corrected chi connectivity index (χ2v) is 11.4. The molecule has 7 rings (SSSR count). The van der Waals surface area contributed by atoms with Crippen LogP contribution in [0.15, 0.2) is 36.9 Å². The van der Waals surface area contributed by atoms with Gasteiger partial charge in [-0.05, 0) is 62.8 Å². The number of H-pyrrole nitrogens is 1. The second-order valence-electron chi connectivity index (χ2n) is 11.4. The molecular formula is C30H36FN7O. The first-order valence-corrected chi connectivity index (χ1v) is 14.3. The van der Waals surface area contributed by atoms with Crippen molar-refractivity contribution in [2.75, 3.05) is 44.3 Å². The molecule has 204 valence electrons. The number of benzene rings is 1. The number of fused-ring (bicyclic) bond motifs is 3. The number of piperidine rings is 1. The maximum absolute atomic E-state index is 15.7. The number of aromatic nitrogens is 5. The van der Waals surface area contributed by atoms with E-state index in [-0.39, 0.29) is 11.9 Å². The Morgan fingerprint density at radius 3 is 2.79 bits per heavy atom. The lowest BCUT2D eigenvalue weighted by atomic mass is 10.0. The summed E-state index contributed by atoms with van der Waals surface area (Å²) in [5.41, 5.74) is 6.49. The topological polar surface area (TPSA) is 75.1 Å². The quantitative estimate of drug-likeness (QED) is 0.383. The van der Waals surface area contributed by atoms with Gasteiger partial charge in [-0.1, -0.05) is 6.92 Å². The van der Waals surface area contributed by atoms with E-state index in [1.54, 1.807) is 12.3 Å². The molecule has 0 radical (unpaired) electrons. The van der Waals surface area contributed by atoms with E-state index in [0.717, 1.165) is 86.2 Å². The fourth-order valence-corrected chi connectivity index (χ4v) is 6.80. The van der Waals surface area contributed by atoms with Gasteiger partial charge in [-0.25, -0.2) is 14.4 Å². The van der Waals surface area contributed by atoms with Crippen LogP contribution in [-0.4, -0.2) is 75.1 Å². The molecule has 2 unspecified atom stereocenters. The van der Waals surface area contributed by atoms with Gasteiger partial charge in [-0.15, -0.1) is 0 Å². The van der Waals surface area contributed by atoms with Gasteiger partial charge < -0.3 is 19.5 Å². The molecule has 0 saturated carbocycles. The maximum atomic E-state index is 15.7. The first-order chi connectivity index (χ1) is 19.1. The minimum atomic E-state index is -0.206. The van der Waals surface area contributed by atoms with E-state index in [4.69, 9.17) is 14.8 Å². The predicted octanol–water partition coefficient (Wildman–Crippen LogP) is 5.21. The lowest BCUT2D eigenvalue weighted by Crippen LogP contribution is -2.35. The second kappa shape index (κ2) is 10.0. The Morgan fingerprint density at radius 2 is 1.97 bits per heavy atom. The molecule has 1 N–H and O–H groups in total. The molecule has 9 heteroatoms. The van der Waals surface area contributed by atoms with E-state index < -0.39 is 0 Å². The highest BCUT2D eigenvalue weighted by Gasteiger charge is 2.36. The summed E-state index contributed by atoms with van der Waals surface area (Å²) in [6.45, 7) is 9.92. The van der Waals surface area contributed by atoms with Gasteiger partial charge in [0.25, 0.3) is 0 Å². The zero-order valence-electron chi connectivity index (χ0n) is 22.7. The van der Waals surface area contributed by atoms with E-state index in [2.05, 4.69) is 37.6 Å². The number of aromatic amines is 1. The van der Waals surface area contributed by atoms with Gasteiger partial charge in [-0.3, -0.25) is 4.68 Å². The Bertz CT molecular complexity index is 1460. The van der Waals surface area contributed by atoms with Gasteiger partial charge in [-0.2, -0.15) is 5.10 Å². The van der Waals surface area contributed by atoms with E-state index in [9.17, 15) is 0 Å². The number of ether oxygens (including phenoxy) is 1. The van der Waals surface area contributed by atoms with Crippen LogP contribution < -0.4 is 4.90 Å². The zero-order valence-corrected chi connectivity index (χ0v) is 22.7. The summed E-state index contributed by atoms with van der Waals surface area (Å²) in [7, 11) is 0. The third-order valence-electron chi connectivity index (χ3n) is 8.99. The van der Waals surface area contributed by atoms with Crippen LogP contribution in [0.3, 0.4) is 0 Å². The smallest absolute Gasteiger partial charge is 0.156 e. The van der Waals surface area contributed by atoms with E-state index in [0.29, 0.717) is 35.6 Å². The van der Waals surface area contributed by atoms with Gasteiger partial charge in [0.2, 0.25) is 0 Å². The van der Waals surface area contributed by atoms with Crippen LogP contribution in [0.25, 0.3) is 33.5 Å². The van der Waals surface area contributed by atoms with E-state index in [1.165, 1.54) is 0 Å². The number of anilines is 1. The Balaban J connectivity index is 1.17. The average molecular weight is 530 g/mol. The molecule has 8 nitrogen and oxygen atoms in total. The van der Waals surface area contributed by atoms with Gasteiger partial charge >= 0.3 is 0 Å². The average Bonchev–Trinajstić information content (AvgIpc) is 3.64. The van der Waals surface area contributed by atoms with Crippen molar-refractivity contribution in [3.05, 3.63) is 48.3 Å². The predicted molar refractivity (Wildman–Crippen MR) is 150 cm³/mol. The summed E-state index contributed by atoms with van der Waals surface area (Å²) in [6, 6.07) is 4.32. The molecule has 39 heavy (non-hydrogen) atoms. The maximum Gasteiger partial charge on any atom is 0.156 e. The standard InChI is InChI=1S/C30H36FN7O/c1-3-36-7-4-23(5-8-36)38-17-22(13-34-38)25-14-32-30-28(25)35-27(15-33-30)21-10-19(2)29(26(31)12-21)37-16-20-6-9-39-18-24(37)11-20/h10,12-15,17,20,23-24H,3-9,11,16,18H2,1-2H3,(H,32,33). The SMILES string of the molecule is CCN1CCC(n2cc(-c3c[nH]c4ncc(-c5cc(C)c(N6CC7CCOCC6C7)c(F)c5)nc34)cn2)CC1. The van der Waals surface area contributed by atoms with Crippen molar-refractivity contribution < 1.29 is 9.13 Å². The minimum absolute atomic E-state index is 0.206. The normalized spacial score (nSPS) is 22.6. The third-order valence-corrected chi connectivity index (χ3v) is 8.99. The molecule has 0 amide bonds. The van der Waals surface area contributed by atoms with Crippen LogP contribution in [-0.2, 0) is 4.74 Å². The number of halogens is 1. The number of likely N-dealkylation sites (tertiary alicyclic amines) is 1. The summed E-state index contributed by atoms with van der Waals surface area (Å²) < 4.78 is 23.6. The van der Waals surface area contributed by atoms with Gasteiger partial charge in [0.05, 0.1) is 42.5 Å². The Morgan fingerprint density at radius 1 is 1.10 bits per heavy atom. The van der Waals surface area contributed by atoms with Crippen molar-refractivity contribution in [1.29, 1.82) is 0 Å². The number of hydrogen-bond donors (Lipinski definition) is 1. The molecule has 3 aliphatic heterocycles. The molecule has 3 aromatic heterocycles. The van der Waals surface area contributed by atoms with Crippen molar-refractivity contribution in [2.45, 2.75) is 51.6 Å². The molecule has 6 heterocycles. The monoisotopic (exact) mass is 529 g/mol. The van der Waals surface area contributed by atoms with Gasteiger partial charge in [0.1, 0.15) is 11.3 Å². The highest BCUT2D eigenvalue weighted by molar-refractivity contribution is 5.91. The summed E-state index contributed by atoms with van der Waals surface area (Å²) in [4.78, 5) is 17.6. The molecule has 2 bridgehead atoms. The molecule has 2 atom stereocenters. The van der Waals surface area contributed by atoms with Crippen LogP contribution in [0.1, 0.15) is 44.2 Å². The first-order valence-electron chi connectivity index (χ1n) is 14.3. The van der Waals surface area contributed by atoms with Crippen LogP contribution in [0.4, 0.5) is 10.1 Å². The largest absolute Gasteiger partial charge is 0.379 e. The molecule has 0 spiro atoms. The number of hydrogen-bond acceptors (Lipinski definition) is 6. The van der Waals surface area contributed by atoms with Crippen LogP contribution >= 0.6 is 0 Å². The molecule has 1 aromatic carbocycles. The Hall–Kier alpha value is -3.30. The van der Waals surface area contributed by atoms with Crippen molar-refractivity contribution in [1.82, 2.24) is 29.6 Å². The summed E-state index contributed by atoms with van der Waals surface area (Å²) >= 11 is 0. The molecule has 3 aliphatic rings. The molecule has 3 saturated heterocycles. The highest BCUT2D eigenvalue weighted by atomic mass is 19.1. The molecule has 0 aliphatic carbocycles. The minimum Gasteiger partial charge on any atom is -0.379 e. The molecule has 4 aromatic rings. The number of nitrogens with one attached hydrogen (secondary N) is 1. The van der Waals surface area contributed by atoms with E-state index in [1.807, 2.05) is 25.4 Å². The van der Waals surface area contributed by atoms with Gasteiger partial charge in [0.15, 0.2) is 5.65 Å². The third kappa shape index (κ3) is 4.51. The molecular weight excluding hydrogens is 493 g/mol. The fourth-order valence-electron chi connectivity index (χ4n) is 6.80. The molecule has 3 fully saturated rings. The van der Waals surface area contributed by atoms with Crippen molar-refractivity contribution >= 4 is 16.9 Å². The van der Waals surface area contributed by atoms with Crippen LogP contribution in [0.5, 0.6) is 0 Å². The lowest BCUT2D eigenvalue weighted by Gasteiger charge is -2.31. The number of aryl methyl sites for hydroxylation is 1. The fraction of sp³-hybridized carbons (Fsp3) is 0.500. The Kier molecular flexibility index (Phi) is 6.35. The summed E-state index contributed by atoms with van der Waals surface area (Å²) in [5.74, 6) is 0.368.